The number of hydrogen-bond donors (Lipinski definition) is 0. The summed E-state index contributed by atoms with van der Waals surface area (Å²) in [7, 11) is 0. The van der Waals surface area contributed by atoms with Gasteiger partial charge in [0.2, 0.25) is 5.89 Å². The maximum atomic E-state index is 12.5. The van der Waals surface area contributed by atoms with Crippen molar-refractivity contribution >= 4 is 5.65 Å². The molecule has 0 saturated carbocycles. The van der Waals surface area contributed by atoms with Gasteiger partial charge in [-0.1, -0.05) is 18.2 Å². The Morgan fingerprint density at radius 2 is 1.70 bits per heavy atom. The first-order valence-electron chi connectivity index (χ1n) is 8.33. The van der Waals surface area contributed by atoms with Crippen LogP contribution in [0.25, 0.3) is 34.2 Å². The first kappa shape index (κ1) is 15.3. The molecule has 0 atom stereocenters. The predicted molar refractivity (Wildman–Crippen MR) is 99.5 cm³/mol. The fourth-order valence-electron chi connectivity index (χ4n) is 3.09. The van der Waals surface area contributed by atoms with Crippen LogP contribution in [0.5, 0.6) is 0 Å². The number of rotatable bonds is 3. The van der Waals surface area contributed by atoms with E-state index in [-0.39, 0.29) is 5.56 Å². The summed E-state index contributed by atoms with van der Waals surface area (Å²) in [6.45, 7) is 0. The highest BCUT2D eigenvalue weighted by molar-refractivity contribution is 5.68. The molecule has 0 saturated heterocycles. The van der Waals surface area contributed by atoms with E-state index in [0.29, 0.717) is 17.4 Å². The third-order valence-electron chi connectivity index (χ3n) is 4.30. The Balaban J connectivity index is 1.74. The van der Waals surface area contributed by atoms with Crippen LogP contribution in [0.4, 0.5) is 0 Å². The summed E-state index contributed by atoms with van der Waals surface area (Å²) in [6, 6.07) is 16.7. The number of hydrogen-bond acceptors (Lipinski definition) is 5. The van der Waals surface area contributed by atoms with Crippen molar-refractivity contribution in [2.75, 3.05) is 0 Å². The third-order valence-corrected chi connectivity index (χ3v) is 4.30. The maximum Gasteiger partial charge on any atom is 0.274 e. The van der Waals surface area contributed by atoms with E-state index in [0.717, 1.165) is 16.8 Å². The second kappa shape index (κ2) is 6.06. The highest BCUT2D eigenvalue weighted by atomic mass is 16.3. The summed E-state index contributed by atoms with van der Waals surface area (Å²) < 4.78 is 8.61. The summed E-state index contributed by atoms with van der Waals surface area (Å²) in [5, 5.41) is 4.12. The van der Waals surface area contributed by atoms with Gasteiger partial charge in [-0.05, 0) is 29.8 Å². The number of fused-ring (bicyclic) bond motifs is 1. The zero-order chi connectivity index (χ0) is 18.2. The van der Waals surface area contributed by atoms with Gasteiger partial charge in [0.25, 0.3) is 5.56 Å². The lowest BCUT2D eigenvalue weighted by molar-refractivity contribution is 0.574. The van der Waals surface area contributed by atoms with Crippen molar-refractivity contribution in [1.82, 2.24) is 24.1 Å². The van der Waals surface area contributed by atoms with Gasteiger partial charge in [-0.2, -0.15) is 9.61 Å². The SMILES string of the molecule is O=c1cc(-c2ccc(-c3ncco3)cc2)n(-c2ccccn2)c2ccnn12. The van der Waals surface area contributed by atoms with Crippen LogP contribution in [0.1, 0.15) is 0 Å². The fraction of sp³-hybridized carbons (Fsp3) is 0. The molecule has 0 aliphatic carbocycles. The summed E-state index contributed by atoms with van der Waals surface area (Å²) >= 11 is 0. The second-order valence-corrected chi connectivity index (χ2v) is 5.91. The molecule has 4 aromatic heterocycles. The maximum absolute atomic E-state index is 12.5. The van der Waals surface area contributed by atoms with E-state index < -0.39 is 0 Å². The van der Waals surface area contributed by atoms with Gasteiger partial charge in [0, 0.05) is 23.9 Å². The van der Waals surface area contributed by atoms with Crippen LogP contribution in [-0.4, -0.2) is 24.1 Å². The van der Waals surface area contributed by atoms with Gasteiger partial charge >= 0.3 is 0 Å². The monoisotopic (exact) mass is 355 g/mol. The van der Waals surface area contributed by atoms with Gasteiger partial charge in [0.1, 0.15) is 17.7 Å². The largest absolute Gasteiger partial charge is 0.445 e. The lowest BCUT2D eigenvalue weighted by Gasteiger charge is -2.14. The Morgan fingerprint density at radius 1 is 0.852 bits per heavy atom. The van der Waals surface area contributed by atoms with Crippen molar-refractivity contribution in [2.45, 2.75) is 0 Å². The fourth-order valence-corrected chi connectivity index (χ4v) is 3.09. The van der Waals surface area contributed by atoms with E-state index in [1.807, 2.05) is 47.0 Å². The van der Waals surface area contributed by atoms with Crippen molar-refractivity contribution in [1.29, 1.82) is 0 Å². The molecule has 0 bridgehead atoms. The van der Waals surface area contributed by atoms with E-state index >= 15 is 0 Å². The van der Waals surface area contributed by atoms with Gasteiger partial charge in [-0.15, -0.1) is 0 Å². The highest BCUT2D eigenvalue weighted by Gasteiger charge is 2.14. The summed E-state index contributed by atoms with van der Waals surface area (Å²) in [5.41, 5.74) is 2.91. The molecule has 1 aromatic carbocycles. The van der Waals surface area contributed by atoms with Gasteiger partial charge in [-0.25, -0.2) is 9.97 Å². The quantitative estimate of drug-likeness (QED) is 0.497. The van der Waals surface area contributed by atoms with E-state index in [4.69, 9.17) is 4.42 Å². The van der Waals surface area contributed by atoms with Gasteiger partial charge < -0.3 is 4.42 Å². The lowest BCUT2D eigenvalue weighted by Crippen LogP contribution is -2.19. The minimum absolute atomic E-state index is 0.200. The zero-order valence-corrected chi connectivity index (χ0v) is 14.1. The molecule has 0 radical (unpaired) electrons. The Morgan fingerprint density at radius 3 is 2.44 bits per heavy atom. The van der Waals surface area contributed by atoms with Crippen LogP contribution in [0.2, 0.25) is 0 Å². The molecule has 0 aliphatic rings. The molecule has 5 aromatic rings. The Kier molecular flexibility index (Phi) is 3.43. The topological polar surface area (TPSA) is 78.2 Å². The van der Waals surface area contributed by atoms with Crippen LogP contribution in [0.3, 0.4) is 0 Å². The number of oxazole rings is 1. The van der Waals surface area contributed by atoms with Crippen LogP contribution >= 0.6 is 0 Å². The number of nitrogens with zero attached hydrogens (tertiary/aromatic N) is 5. The zero-order valence-electron chi connectivity index (χ0n) is 14.1. The number of benzene rings is 1. The molecule has 0 spiro atoms. The molecule has 7 nitrogen and oxygen atoms in total. The van der Waals surface area contributed by atoms with Gasteiger partial charge in [0.15, 0.2) is 0 Å². The third kappa shape index (κ3) is 2.53. The molecule has 130 valence electrons. The highest BCUT2D eigenvalue weighted by Crippen LogP contribution is 2.26. The number of pyridine rings is 1. The first-order chi connectivity index (χ1) is 13.3. The Labute approximate surface area is 153 Å². The average Bonchev–Trinajstić information content (AvgIpc) is 3.41. The molecule has 5 rings (SSSR count). The summed E-state index contributed by atoms with van der Waals surface area (Å²) in [4.78, 5) is 21.1. The van der Waals surface area contributed by atoms with Crippen LogP contribution in [-0.2, 0) is 0 Å². The molecule has 0 amide bonds. The smallest absolute Gasteiger partial charge is 0.274 e. The minimum Gasteiger partial charge on any atom is -0.445 e. The molecule has 27 heavy (non-hydrogen) atoms. The van der Waals surface area contributed by atoms with Crippen molar-refractivity contribution in [2.24, 2.45) is 0 Å². The van der Waals surface area contributed by atoms with Gasteiger partial charge in [-0.3, -0.25) is 9.36 Å². The van der Waals surface area contributed by atoms with Crippen molar-refractivity contribution in [3.05, 3.63) is 89.8 Å². The molecule has 4 heterocycles. The van der Waals surface area contributed by atoms with Crippen molar-refractivity contribution in [3.63, 3.8) is 0 Å². The summed E-state index contributed by atoms with van der Waals surface area (Å²) in [5.74, 6) is 1.25. The normalized spacial score (nSPS) is 11.1. The molecule has 0 aliphatic heterocycles. The van der Waals surface area contributed by atoms with Crippen LogP contribution in [0, 0.1) is 0 Å². The summed E-state index contributed by atoms with van der Waals surface area (Å²) in [6.07, 6.45) is 6.46. The lowest BCUT2D eigenvalue weighted by atomic mass is 10.1. The first-order valence-corrected chi connectivity index (χ1v) is 8.33. The second-order valence-electron chi connectivity index (χ2n) is 5.91. The van der Waals surface area contributed by atoms with Crippen LogP contribution < -0.4 is 5.56 Å². The van der Waals surface area contributed by atoms with Crippen LogP contribution in [0.15, 0.2) is 88.7 Å². The standard InChI is InChI=1S/C20H13N5O2/c26-19-13-16(14-4-6-15(7-5-14)20-22-11-12-27-20)24(17-3-1-2-9-21-17)18-8-10-23-25(18)19/h1-13H. The van der Waals surface area contributed by atoms with E-state index in [1.165, 1.54) is 10.8 Å². The van der Waals surface area contributed by atoms with E-state index in [9.17, 15) is 4.79 Å². The van der Waals surface area contributed by atoms with Crippen molar-refractivity contribution in [3.8, 4) is 28.5 Å². The predicted octanol–water partition coefficient (Wildman–Crippen LogP) is 3.20. The Hall–Kier alpha value is -4.00. The molecule has 0 unspecified atom stereocenters. The molecule has 0 N–H and O–H groups in total. The molecule has 0 fully saturated rings. The molecule has 7 heteroatoms. The minimum atomic E-state index is -0.200. The van der Waals surface area contributed by atoms with Crippen molar-refractivity contribution < 1.29 is 4.42 Å². The average molecular weight is 355 g/mol. The van der Waals surface area contributed by atoms with E-state index in [2.05, 4.69) is 15.1 Å². The molecular formula is C20H13N5O2. The molecular weight excluding hydrogens is 342 g/mol. The van der Waals surface area contributed by atoms with E-state index in [1.54, 1.807) is 30.7 Å². The van der Waals surface area contributed by atoms with Gasteiger partial charge in [0.05, 0.1) is 18.1 Å². The number of aromatic nitrogens is 5. The Bertz CT molecular complexity index is 1270.